The highest BCUT2D eigenvalue weighted by atomic mass is 16.5. The highest BCUT2D eigenvalue weighted by Gasteiger charge is 2.24. The number of ether oxygens (including phenoxy) is 1. The molecule has 1 unspecified atom stereocenters. The van der Waals surface area contributed by atoms with E-state index >= 15 is 0 Å². The van der Waals surface area contributed by atoms with Gasteiger partial charge in [0.15, 0.2) is 0 Å². The lowest BCUT2D eigenvalue weighted by Gasteiger charge is -2.27. The highest BCUT2D eigenvalue weighted by Crippen LogP contribution is 2.14. The number of hydrogen-bond acceptors (Lipinski definition) is 6. The fraction of sp³-hybridized carbons (Fsp3) is 0.385. The van der Waals surface area contributed by atoms with Crippen LogP contribution in [0.15, 0.2) is 24.3 Å². The Kier molecular flexibility index (Phi) is 4.54. The molecule has 108 valence electrons. The van der Waals surface area contributed by atoms with Gasteiger partial charge in [-0.1, -0.05) is 6.07 Å². The minimum Gasteiger partial charge on any atom is -0.491 e. The number of carbonyl (C=O) groups is 2. The Balaban J connectivity index is 1.79. The minimum absolute atomic E-state index is 0.0652. The lowest BCUT2D eigenvalue weighted by atomic mass is 10.2. The Hall–Kier alpha value is -2.12. The van der Waals surface area contributed by atoms with Crippen LogP contribution in [-0.2, 0) is 9.59 Å². The number of rotatable bonds is 5. The minimum atomic E-state index is -0.796. The van der Waals surface area contributed by atoms with E-state index in [1.807, 2.05) is 0 Å². The van der Waals surface area contributed by atoms with Gasteiger partial charge in [-0.05, 0) is 12.1 Å². The normalized spacial score (nSPS) is 17.6. The van der Waals surface area contributed by atoms with Gasteiger partial charge in [0, 0.05) is 18.3 Å². The van der Waals surface area contributed by atoms with Crippen molar-refractivity contribution < 1.29 is 19.4 Å². The van der Waals surface area contributed by atoms with Crippen molar-refractivity contribution in [2.45, 2.75) is 6.10 Å². The van der Waals surface area contributed by atoms with Gasteiger partial charge in [0.2, 0.25) is 11.8 Å². The molecule has 20 heavy (non-hydrogen) atoms. The molecule has 2 amide bonds. The lowest BCUT2D eigenvalue weighted by molar-refractivity contribution is -0.136. The summed E-state index contributed by atoms with van der Waals surface area (Å²) in [4.78, 5) is 23.9. The van der Waals surface area contributed by atoms with Gasteiger partial charge in [-0.15, -0.1) is 0 Å². The number of nitrogen functional groups attached to an aromatic ring is 1. The van der Waals surface area contributed by atoms with E-state index in [1.165, 1.54) is 0 Å². The van der Waals surface area contributed by atoms with Gasteiger partial charge >= 0.3 is 0 Å². The number of hydrogen-bond donors (Lipinski definition) is 3. The van der Waals surface area contributed by atoms with Crippen LogP contribution in [0.2, 0.25) is 0 Å². The summed E-state index contributed by atoms with van der Waals surface area (Å²) in [5.41, 5.74) is 6.19. The van der Waals surface area contributed by atoms with Crippen LogP contribution in [0, 0.1) is 0 Å². The molecule has 2 rings (SSSR count). The molecule has 1 aromatic carbocycles. The van der Waals surface area contributed by atoms with Crippen molar-refractivity contribution in [1.82, 2.24) is 10.2 Å². The molecule has 0 aliphatic carbocycles. The first-order valence-electron chi connectivity index (χ1n) is 6.24. The monoisotopic (exact) mass is 279 g/mol. The molecule has 0 aromatic heterocycles. The number of anilines is 1. The summed E-state index contributed by atoms with van der Waals surface area (Å²) < 4.78 is 5.40. The SMILES string of the molecule is Nc1cccc(OCC(O)CN2CC(=O)NC(=O)C2)c1. The van der Waals surface area contributed by atoms with Gasteiger partial charge in [0.25, 0.3) is 0 Å². The first-order chi connectivity index (χ1) is 9.52. The summed E-state index contributed by atoms with van der Waals surface area (Å²) in [7, 11) is 0. The van der Waals surface area contributed by atoms with E-state index < -0.39 is 6.10 Å². The molecular weight excluding hydrogens is 262 g/mol. The van der Waals surface area contributed by atoms with E-state index in [-0.39, 0.29) is 38.1 Å². The van der Waals surface area contributed by atoms with Crippen molar-refractivity contribution in [3.8, 4) is 5.75 Å². The third-order valence-corrected chi connectivity index (χ3v) is 2.78. The molecule has 7 nitrogen and oxygen atoms in total. The van der Waals surface area contributed by atoms with E-state index in [4.69, 9.17) is 10.5 Å². The first kappa shape index (κ1) is 14.3. The third kappa shape index (κ3) is 4.22. The van der Waals surface area contributed by atoms with E-state index in [0.29, 0.717) is 11.4 Å². The molecule has 1 aromatic rings. The Bertz CT molecular complexity index is 490. The molecule has 1 atom stereocenters. The van der Waals surface area contributed by atoms with Crippen LogP contribution in [0.5, 0.6) is 5.75 Å². The Labute approximate surface area is 116 Å². The summed E-state index contributed by atoms with van der Waals surface area (Å²) in [6.45, 7) is 0.458. The van der Waals surface area contributed by atoms with Crippen molar-refractivity contribution in [3.63, 3.8) is 0 Å². The van der Waals surface area contributed by atoms with Gasteiger partial charge in [-0.25, -0.2) is 0 Å². The summed E-state index contributed by atoms with van der Waals surface area (Å²) >= 11 is 0. The van der Waals surface area contributed by atoms with E-state index in [0.717, 1.165) is 0 Å². The second-order valence-corrected chi connectivity index (χ2v) is 4.68. The lowest BCUT2D eigenvalue weighted by Crippen LogP contribution is -2.53. The van der Waals surface area contributed by atoms with E-state index in [9.17, 15) is 14.7 Å². The Morgan fingerprint density at radius 3 is 2.70 bits per heavy atom. The van der Waals surface area contributed by atoms with E-state index in [1.54, 1.807) is 29.2 Å². The van der Waals surface area contributed by atoms with Gasteiger partial charge in [0.05, 0.1) is 13.1 Å². The second kappa shape index (κ2) is 6.36. The fourth-order valence-corrected chi connectivity index (χ4v) is 1.97. The zero-order valence-corrected chi connectivity index (χ0v) is 10.9. The summed E-state index contributed by atoms with van der Waals surface area (Å²) in [5.74, 6) is -0.146. The quantitative estimate of drug-likeness (QED) is 0.470. The van der Waals surface area contributed by atoms with Crippen molar-refractivity contribution in [1.29, 1.82) is 0 Å². The molecule has 0 spiro atoms. The molecular formula is C13H17N3O4. The number of nitrogens with zero attached hydrogens (tertiary/aromatic N) is 1. The topological polar surface area (TPSA) is 105 Å². The Morgan fingerprint density at radius 2 is 2.05 bits per heavy atom. The average Bonchev–Trinajstić information content (AvgIpc) is 2.35. The molecule has 4 N–H and O–H groups in total. The largest absolute Gasteiger partial charge is 0.491 e. The number of aliphatic hydroxyl groups excluding tert-OH is 1. The number of carbonyl (C=O) groups excluding carboxylic acids is 2. The van der Waals surface area contributed by atoms with Crippen molar-refractivity contribution in [3.05, 3.63) is 24.3 Å². The Morgan fingerprint density at radius 1 is 1.35 bits per heavy atom. The van der Waals surface area contributed by atoms with Gasteiger partial charge < -0.3 is 15.6 Å². The number of amides is 2. The molecule has 1 aliphatic heterocycles. The number of benzene rings is 1. The smallest absolute Gasteiger partial charge is 0.240 e. The first-order valence-corrected chi connectivity index (χ1v) is 6.24. The maximum Gasteiger partial charge on any atom is 0.240 e. The second-order valence-electron chi connectivity index (χ2n) is 4.68. The molecule has 1 saturated heterocycles. The van der Waals surface area contributed by atoms with Crippen LogP contribution >= 0.6 is 0 Å². The molecule has 1 heterocycles. The summed E-state index contributed by atoms with van der Waals surface area (Å²) in [6, 6.07) is 6.89. The standard InChI is InChI=1S/C13H17N3O4/c14-9-2-1-3-11(4-9)20-8-10(17)5-16-6-12(18)15-13(19)7-16/h1-4,10,17H,5-8,14H2,(H,15,18,19). The van der Waals surface area contributed by atoms with Crippen LogP contribution in [0.1, 0.15) is 0 Å². The number of aliphatic hydroxyl groups is 1. The molecule has 7 heteroatoms. The molecule has 1 fully saturated rings. The fourth-order valence-electron chi connectivity index (χ4n) is 1.97. The maximum atomic E-state index is 11.2. The molecule has 1 aliphatic rings. The van der Waals surface area contributed by atoms with Crippen molar-refractivity contribution >= 4 is 17.5 Å². The predicted octanol–water partition coefficient (Wildman–Crippen LogP) is -1.03. The van der Waals surface area contributed by atoms with Crippen LogP contribution in [-0.4, -0.2) is 54.2 Å². The van der Waals surface area contributed by atoms with Crippen molar-refractivity contribution in [2.75, 3.05) is 32.0 Å². The maximum absolute atomic E-state index is 11.2. The number of β-amino-alcohol motifs (C(OH)–C–C–N with tert-alkyl or cyclic N) is 1. The molecule has 0 saturated carbocycles. The zero-order valence-electron chi connectivity index (χ0n) is 10.9. The number of nitrogens with one attached hydrogen (secondary N) is 1. The van der Waals surface area contributed by atoms with Crippen molar-refractivity contribution in [2.24, 2.45) is 0 Å². The number of imide groups is 1. The average molecular weight is 279 g/mol. The van der Waals surface area contributed by atoms with Crippen LogP contribution < -0.4 is 15.8 Å². The summed E-state index contributed by atoms with van der Waals surface area (Å²) in [6.07, 6.45) is -0.796. The third-order valence-electron chi connectivity index (χ3n) is 2.78. The van der Waals surface area contributed by atoms with E-state index in [2.05, 4.69) is 5.32 Å². The predicted molar refractivity (Wildman–Crippen MR) is 71.9 cm³/mol. The summed E-state index contributed by atoms with van der Waals surface area (Å²) in [5, 5.41) is 12.1. The number of piperazine rings is 1. The molecule has 0 radical (unpaired) electrons. The van der Waals surface area contributed by atoms with Gasteiger partial charge in [0.1, 0.15) is 18.5 Å². The van der Waals surface area contributed by atoms with Gasteiger partial charge in [-0.3, -0.25) is 19.8 Å². The zero-order chi connectivity index (χ0) is 14.5. The van der Waals surface area contributed by atoms with Gasteiger partial charge in [-0.2, -0.15) is 0 Å². The van der Waals surface area contributed by atoms with Crippen LogP contribution in [0.4, 0.5) is 5.69 Å². The molecule has 0 bridgehead atoms. The number of nitrogens with two attached hydrogens (primary N) is 1. The van der Waals surface area contributed by atoms with Crippen LogP contribution in [0.3, 0.4) is 0 Å². The van der Waals surface area contributed by atoms with Crippen LogP contribution in [0.25, 0.3) is 0 Å². The highest BCUT2D eigenvalue weighted by molar-refractivity contribution is 5.99.